The van der Waals surface area contributed by atoms with Gasteiger partial charge in [0.1, 0.15) is 11.4 Å². The molecule has 0 unspecified atom stereocenters. The summed E-state index contributed by atoms with van der Waals surface area (Å²) in [6, 6.07) is 3.50. The van der Waals surface area contributed by atoms with Crippen LogP contribution in [0.4, 0.5) is 0 Å². The van der Waals surface area contributed by atoms with Crippen LogP contribution in [0.2, 0.25) is 0 Å². The molecule has 0 fully saturated rings. The lowest BCUT2D eigenvalue weighted by atomic mass is 10.2. The number of benzene rings is 1. The Labute approximate surface area is 130 Å². The minimum Gasteiger partial charge on any atom is -0.506 e. The van der Waals surface area contributed by atoms with Crippen molar-refractivity contribution in [1.29, 1.82) is 0 Å². The van der Waals surface area contributed by atoms with E-state index in [2.05, 4.69) is 57.0 Å². The molecular formula is C12H7Br2N5O. The number of hydrogen-bond donors (Lipinski definition) is 2. The van der Waals surface area contributed by atoms with Crippen molar-refractivity contribution in [3.8, 4) is 28.7 Å². The van der Waals surface area contributed by atoms with Gasteiger partial charge in [0.25, 0.3) is 0 Å². The fraction of sp³-hybridized carbons (Fsp3) is 0. The molecule has 0 saturated carbocycles. The van der Waals surface area contributed by atoms with E-state index >= 15 is 0 Å². The van der Waals surface area contributed by atoms with Crippen LogP contribution < -0.4 is 0 Å². The highest BCUT2D eigenvalue weighted by Crippen LogP contribution is 2.37. The molecule has 0 amide bonds. The van der Waals surface area contributed by atoms with E-state index in [-0.39, 0.29) is 5.75 Å². The number of aromatic nitrogens is 5. The number of halogens is 2. The molecule has 0 aliphatic rings. The normalized spacial score (nSPS) is 10.7. The summed E-state index contributed by atoms with van der Waals surface area (Å²) in [6.45, 7) is 0. The summed E-state index contributed by atoms with van der Waals surface area (Å²) < 4.78 is 1.38. The lowest BCUT2D eigenvalue weighted by molar-refractivity contribution is 0.473. The number of phenolic OH excluding ortho intramolecular Hbond substituents is 1. The second-order valence-electron chi connectivity index (χ2n) is 3.88. The molecule has 2 N–H and O–H groups in total. The van der Waals surface area contributed by atoms with E-state index < -0.39 is 0 Å². The second-order valence-corrected chi connectivity index (χ2v) is 5.65. The molecule has 8 heteroatoms. The summed E-state index contributed by atoms with van der Waals surface area (Å²) in [7, 11) is 0. The van der Waals surface area contributed by atoms with Crippen LogP contribution in [-0.4, -0.2) is 30.3 Å². The van der Waals surface area contributed by atoms with E-state index in [1.165, 1.54) is 0 Å². The van der Waals surface area contributed by atoms with Gasteiger partial charge in [-0.3, -0.25) is 10.1 Å². The topological polar surface area (TPSA) is 87.6 Å². The third-order valence-electron chi connectivity index (χ3n) is 2.56. The second kappa shape index (κ2) is 5.29. The molecule has 20 heavy (non-hydrogen) atoms. The van der Waals surface area contributed by atoms with Crippen LogP contribution in [0.5, 0.6) is 5.75 Å². The van der Waals surface area contributed by atoms with Crippen LogP contribution in [0.3, 0.4) is 0 Å². The van der Waals surface area contributed by atoms with E-state index in [1.54, 1.807) is 30.7 Å². The molecule has 100 valence electrons. The molecular weight excluding hydrogens is 390 g/mol. The van der Waals surface area contributed by atoms with Gasteiger partial charge >= 0.3 is 0 Å². The molecule has 0 atom stereocenters. The first kappa shape index (κ1) is 13.2. The van der Waals surface area contributed by atoms with Gasteiger partial charge in [0.2, 0.25) is 5.82 Å². The molecule has 0 bridgehead atoms. The van der Waals surface area contributed by atoms with E-state index in [4.69, 9.17) is 0 Å². The lowest BCUT2D eigenvalue weighted by Gasteiger charge is -2.04. The van der Waals surface area contributed by atoms with Crippen LogP contribution in [-0.2, 0) is 0 Å². The highest BCUT2D eigenvalue weighted by Gasteiger charge is 2.14. The summed E-state index contributed by atoms with van der Waals surface area (Å²) >= 11 is 6.65. The Morgan fingerprint density at radius 3 is 2.75 bits per heavy atom. The predicted octanol–water partition coefficient (Wildman–Crippen LogP) is 3.16. The van der Waals surface area contributed by atoms with Gasteiger partial charge in [0, 0.05) is 16.9 Å². The number of hydrogen-bond acceptors (Lipinski definition) is 5. The van der Waals surface area contributed by atoms with Crippen molar-refractivity contribution in [2.45, 2.75) is 0 Å². The van der Waals surface area contributed by atoms with Crippen molar-refractivity contribution in [3.05, 3.63) is 39.7 Å². The molecule has 0 aliphatic carbocycles. The molecule has 1 aromatic carbocycles. The van der Waals surface area contributed by atoms with Gasteiger partial charge in [-0.05, 0) is 28.1 Å². The van der Waals surface area contributed by atoms with Crippen molar-refractivity contribution < 1.29 is 5.11 Å². The highest BCUT2D eigenvalue weighted by atomic mass is 79.9. The number of H-pyrrole nitrogens is 1. The van der Waals surface area contributed by atoms with Gasteiger partial charge in [0.15, 0.2) is 5.82 Å². The van der Waals surface area contributed by atoms with Crippen LogP contribution in [0.15, 0.2) is 39.7 Å². The molecule has 0 radical (unpaired) electrons. The monoisotopic (exact) mass is 395 g/mol. The van der Waals surface area contributed by atoms with E-state index in [1.807, 2.05) is 0 Å². The Morgan fingerprint density at radius 2 is 2.00 bits per heavy atom. The van der Waals surface area contributed by atoms with Crippen molar-refractivity contribution in [2.75, 3.05) is 0 Å². The maximum Gasteiger partial charge on any atom is 0.201 e. The Bertz CT molecular complexity index is 760. The van der Waals surface area contributed by atoms with E-state index in [9.17, 15) is 5.11 Å². The summed E-state index contributed by atoms with van der Waals surface area (Å²) in [5.41, 5.74) is 1.09. The number of nitrogens with one attached hydrogen (secondary N) is 1. The zero-order chi connectivity index (χ0) is 14.1. The molecule has 2 heterocycles. The van der Waals surface area contributed by atoms with Gasteiger partial charge in [0.05, 0.1) is 16.2 Å². The first-order valence-corrected chi connectivity index (χ1v) is 7.11. The number of aromatic amines is 1. The summed E-state index contributed by atoms with van der Waals surface area (Å²) in [5, 5.41) is 16.9. The molecule has 6 nitrogen and oxygen atoms in total. The van der Waals surface area contributed by atoms with Crippen molar-refractivity contribution >= 4 is 31.9 Å². The average Bonchev–Trinajstić information content (AvgIpc) is 2.93. The Hall–Kier alpha value is -1.80. The quantitative estimate of drug-likeness (QED) is 0.694. The van der Waals surface area contributed by atoms with Gasteiger partial charge < -0.3 is 5.11 Å². The zero-order valence-corrected chi connectivity index (χ0v) is 13.1. The van der Waals surface area contributed by atoms with Gasteiger partial charge in [-0.2, -0.15) is 5.10 Å². The Kier molecular flexibility index (Phi) is 3.49. The molecule has 0 aliphatic heterocycles. The van der Waals surface area contributed by atoms with Gasteiger partial charge in [-0.25, -0.2) is 9.97 Å². The minimum atomic E-state index is 0.0926. The largest absolute Gasteiger partial charge is 0.506 e. The van der Waals surface area contributed by atoms with Gasteiger partial charge in [-0.1, -0.05) is 15.9 Å². The van der Waals surface area contributed by atoms with Gasteiger partial charge in [-0.15, -0.1) is 0 Å². The van der Waals surface area contributed by atoms with Crippen LogP contribution >= 0.6 is 31.9 Å². The number of rotatable bonds is 2. The van der Waals surface area contributed by atoms with Crippen molar-refractivity contribution in [2.24, 2.45) is 0 Å². The highest BCUT2D eigenvalue weighted by molar-refractivity contribution is 9.11. The maximum absolute atomic E-state index is 10.1. The van der Waals surface area contributed by atoms with E-state index in [0.717, 1.165) is 4.47 Å². The van der Waals surface area contributed by atoms with Crippen molar-refractivity contribution in [1.82, 2.24) is 25.1 Å². The molecule has 3 aromatic rings. The lowest BCUT2D eigenvalue weighted by Crippen LogP contribution is -1.86. The molecule has 0 spiro atoms. The number of nitrogens with zero attached hydrogens (tertiary/aromatic N) is 4. The van der Waals surface area contributed by atoms with Crippen LogP contribution in [0, 0.1) is 0 Å². The van der Waals surface area contributed by atoms with Crippen LogP contribution in [0.1, 0.15) is 0 Å². The zero-order valence-electron chi connectivity index (χ0n) is 9.88. The fourth-order valence-corrected chi connectivity index (χ4v) is 2.88. The fourth-order valence-electron chi connectivity index (χ4n) is 1.66. The number of phenols is 1. The summed E-state index contributed by atoms with van der Waals surface area (Å²) in [6.07, 6.45) is 4.72. The standard InChI is InChI=1S/C12H7Br2N5O/c13-6-3-7(10(20)8(14)4-6)11-17-12(19-18-11)9-5-15-1-2-16-9/h1-5,20H,(H,17,18,19). The molecule has 2 aromatic heterocycles. The van der Waals surface area contributed by atoms with Crippen LogP contribution in [0.25, 0.3) is 22.9 Å². The third-order valence-corrected chi connectivity index (χ3v) is 3.62. The first-order valence-electron chi connectivity index (χ1n) is 5.52. The Balaban J connectivity index is 2.07. The summed E-state index contributed by atoms with van der Waals surface area (Å²) in [5.74, 6) is 0.962. The first-order chi connectivity index (χ1) is 9.65. The predicted molar refractivity (Wildman–Crippen MR) is 79.9 cm³/mol. The minimum absolute atomic E-state index is 0.0926. The summed E-state index contributed by atoms with van der Waals surface area (Å²) in [4.78, 5) is 12.4. The molecule has 0 saturated heterocycles. The third kappa shape index (κ3) is 2.44. The average molecular weight is 397 g/mol. The smallest absolute Gasteiger partial charge is 0.201 e. The van der Waals surface area contributed by atoms with E-state index in [0.29, 0.717) is 27.4 Å². The van der Waals surface area contributed by atoms with Crippen molar-refractivity contribution in [3.63, 3.8) is 0 Å². The molecule has 3 rings (SSSR count). The Morgan fingerprint density at radius 1 is 1.15 bits per heavy atom. The number of aromatic hydroxyl groups is 1. The SMILES string of the molecule is Oc1c(Br)cc(Br)cc1-c1nc(-c2cnccn2)n[nH]1. The maximum atomic E-state index is 10.1.